The second kappa shape index (κ2) is 6.01. The van der Waals surface area contributed by atoms with Gasteiger partial charge in [-0.1, -0.05) is 0 Å². The molecule has 0 radical (unpaired) electrons. The molecule has 0 saturated heterocycles. The van der Waals surface area contributed by atoms with E-state index in [-0.39, 0.29) is 0 Å². The number of aromatic amines is 1. The van der Waals surface area contributed by atoms with Crippen LogP contribution in [0.1, 0.15) is 0 Å². The molecule has 0 bridgehead atoms. The molecule has 17 heavy (non-hydrogen) atoms. The lowest BCUT2D eigenvalue weighted by Gasteiger charge is -1.92. The van der Waals surface area contributed by atoms with E-state index in [1.807, 2.05) is 12.1 Å². The third-order valence-electron chi connectivity index (χ3n) is 1.65. The van der Waals surface area contributed by atoms with Gasteiger partial charge in [0.25, 0.3) is 0 Å². The van der Waals surface area contributed by atoms with E-state index in [9.17, 15) is 0 Å². The largest absolute Gasteiger partial charge is 0.473 e. The van der Waals surface area contributed by atoms with Gasteiger partial charge < -0.3 is 15.2 Å². The van der Waals surface area contributed by atoms with E-state index in [1.165, 1.54) is 0 Å². The monoisotopic (exact) mass is 235 g/mol. The summed E-state index contributed by atoms with van der Waals surface area (Å²) in [7, 11) is 0. The number of carbonyl (C=O) groups is 2. The Kier molecular flexibility index (Phi) is 4.37. The number of aliphatic carboxylic acids is 2. The van der Waals surface area contributed by atoms with Gasteiger partial charge in [-0.05, 0) is 12.1 Å². The van der Waals surface area contributed by atoms with Crippen LogP contribution in [-0.2, 0) is 9.59 Å². The van der Waals surface area contributed by atoms with Gasteiger partial charge in [-0.25, -0.2) is 14.6 Å². The summed E-state index contributed by atoms with van der Waals surface area (Å²) in [6.45, 7) is 0. The van der Waals surface area contributed by atoms with Crippen LogP contribution < -0.4 is 0 Å². The molecule has 0 saturated carbocycles. The van der Waals surface area contributed by atoms with Crippen molar-refractivity contribution in [1.82, 2.24) is 15.0 Å². The van der Waals surface area contributed by atoms with Crippen LogP contribution in [0, 0.1) is 0 Å². The lowest BCUT2D eigenvalue weighted by atomic mass is 10.2. The zero-order valence-corrected chi connectivity index (χ0v) is 8.57. The van der Waals surface area contributed by atoms with Crippen molar-refractivity contribution in [1.29, 1.82) is 0 Å². The Bertz CT molecular complexity index is 470. The molecular formula is C10H9N3O4. The molecule has 0 aromatic carbocycles. The molecule has 7 nitrogen and oxygen atoms in total. The van der Waals surface area contributed by atoms with E-state index < -0.39 is 11.9 Å². The minimum atomic E-state index is -1.82. The Labute approximate surface area is 95.8 Å². The molecule has 7 heteroatoms. The van der Waals surface area contributed by atoms with Gasteiger partial charge in [-0.15, -0.1) is 0 Å². The summed E-state index contributed by atoms with van der Waals surface area (Å²) < 4.78 is 0. The molecule has 2 aromatic heterocycles. The first-order chi connectivity index (χ1) is 8.11. The maximum absolute atomic E-state index is 9.10. The topological polar surface area (TPSA) is 116 Å². The molecule has 0 aliphatic carbocycles. The average Bonchev–Trinajstić information content (AvgIpc) is 2.84. The van der Waals surface area contributed by atoms with Crippen LogP contribution in [0.2, 0.25) is 0 Å². The Morgan fingerprint density at radius 3 is 2.24 bits per heavy atom. The summed E-state index contributed by atoms with van der Waals surface area (Å²) in [5.74, 6) is -3.65. The first-order valence-corrected chi connectivity index (χ1v) is 4.46. The molecule has 0 unspecified atom stereocenters. The Balaban J connectivity index is 0.000000209. The molecule has 0 aliphatic heterocycles. The second-order valence-corrected chi connectivity index (χ2v) is 2.82. The highest BCUT2D eigenvalue weighted by Gasteiger charge is 2.04. The van der Waals surface area contributed by atoms with Crippen molar-refractivity contribution >= 4 is 11.9 Å². The Morgan fingerprint density at radius 2 is 1.82 bits per heavy atom. The number of hydrogen-bond donors (Lipinski definition) is 3. The third-order valence-corrected chi connectivity index (χ3v) is 1.65. The quantitative estimate of drug-likeness (QED) is 0.624. The molecule has 0 spiro atoms. The summed E-state index contributed by atoms with van der Waals surface area (Å²) in [4.78, 5) is 29.1. The Hall–Kier alpha value is -2.70. The SMILES string of the molecule is O=C(O)C(=O)O.c1cncc(-c2cnc[nH]2)c1. The molecule has 2 rings (SSSR count). The van der Waals surface area contributed by atoms with Crippen LogP contribution in [0.4, 0.5) is 0 Å². The number of carboxylic acids is 2. The van der Waals surface area contributed by atoms with Gasteiger partial charge in [0, 0.05) is 18.0 Å². The van der Waals surface area contributed by atoms with Crippen molar-refractivity contribution in [3.63, 3.8) is 0 Å². The Morgan fingerprint density at radius 1 is 1.12 bits per heavy atom. The summed E-state index contributed by atoms with van der Waals surface area (Å²) in [5.41, 5.74) is 2.06. The van der Waals surface area contributed by atoms with Crippen molar-refractivity contribution in [3.05, 3.63) is 37.1 Å². The molecule has 88 valence electrons. The number of imidazole rings is 1. The highest BCUT2D eigenvalue weighted by atomic mass is 16.4. The standard InChI is InChI=1S/C8H7N3.C2H2O4/c1-2-7(4-9-3-1)8-5-10-6-11-8;3-1(4)2(5)6/h1-6H,(H,10,11);(H,3,4)(H,5,6). The molecule has 0 atom stereocenters. The van der Waals surface area contributed by atoms with E-state index >= 15 is 0 Å². The van der Waals surface area contributed by atoms with Crippen molar-refractivity contribution in [3.8, 4) is 11.3 Å². The summed E-state index contributed by atoms with van der Waals surface area (Å²) >= 11 is 0. The number of pyridine rings is 1. The van der Waals surface area contributed by atoms with Gasteiger partial charge in [0.05, 0.1) is 18.2 Å². The van der Waals surface area contributed by atoms with Crippen molar-refractivity contribution in [2.45, 2.75) is 0 Å². The first kappa shape index (κ1) is 12.4. The normalized spacial score (nSPS) is 8.94. The van der Waals surface area contributed by atoms with Crippen LogP contribution in [0.3, 0.4) is 0 Å². The van der Waals surface area contributed by atoms with Gasteiger partial charge >= 0.3 is 11.9 Å². The zero-order chi connectivity index (χ0) is 12.7. The van der Waals surface area contributed by atoms with Gasteiger partial charge in [-0.2, -0.15) is 0 Å². The number of carboxylic acid groups (broad SMARTS) is 2. The van der Waals surface area contributed by atoms with E-state index in [1.54, 1.807) is 24.9 Å². The molecule has 0 amide bonds. The lowest BCUT2D eigenvalue weighted by molar-refractivity contribution is -0.159. The minimum absolute atomic E-state index is 0.998. The van der Waals surface area contributed by atoms with Gasteiger partial charge in [-0.3, -0.25) is 4.98 Å². The average molecular weight is 235 g/mol. The van der Waals surface area contributed by atoms with Crippen molar-refractivity contribution in [2.75, 3.05) is 0 Å². The van der Waals surface area contributed by atoms with E-state index in [0.717, 1.165) is 11.3 Å². The number of rotatable bonds is 1. The van der Waals surface area contributed by atoms with Crippen LogP contribution in [0.15, 0.2) is 37.1 Å². The van der Waals surface area contributed by atoms with Crippen LogP contribution in [-0.4, -0.2) is 37.1 Å². The van der Waals surface area contributed by atoms with Gasteiger partial charge in [0.2, 0.25) is 0 Å². The van der Waals surface area contributed by atoms with Crippen LogP contribution in [0.25, 0.3) is 11.3 Å². The van der Waals surface area contributed by atoms with Gasteiger partial charge in [0.15, 0.2) is 0 Å². The van der Waals surface area contributed by atoms with E-state index in [4.69, 9.17) is 19.8 Å². The third kappa shape index (κ3) is 4.12. The number of aromatic nitrogens is 3. The highest BCUT2D eigenvalue weighted by Crippen LogP contribution is 2.12. The summed E-state index contributed by atoms with van der Waals surface area (Å²) in [6.07, 6.45) is 6.98. The molecule has 2 heterocycles. The minimum Gasteiger partial charge on any atom is -0.473 e. The van der Waals surface area contributed by atoms with E-state index in [0.29, 0.717) is 0 Å². The number of hydrogen-bond acceptors (Lipinski definition) is 4. The highest BCUT2D eigenvalue weighted by molar-refractivity contribution is 6.27. The number of nitrogens with one attached hydrogen (secondary N) is 1. The predicted octanol–water partition coefficient (Wildman–Crippen LogP) is 0.627. The number of nitrogens with zero attached hydrogens (tertiary/aromatic N) is 2. The summed E-state index contributed by atoms with van der Waals surface area (Å²) in [6, 6.07) is 3.89. The second-order valence-electron chi connectivity index (χ2n) is 2.82. The molecular weight excluding hydrogens is 226 g/mol. The first-order valence-electron chi connectivity index (χ1n) is 4.46. The summed E-state index contributed by atoms with van der Waals surface area (Å²) in [5, 5.41) is 14.8. The zero-order valence-electron chi connectivity index (χ0n) is 8.57. The van der Waals surface area contributed by atoms with Crippen molar-refractivity contribution < 1.29 is 19.8 Å². The van der Waals surface area contributed by atoms with Gasteiger partial charge in [0.1, 0.15) is 0 Å². The molecule has 3 N–H and O–H groups in total. The predicted molar refractivity (Wildman–Crippen MR) is 57.1 cm³/mol. The maximum atomic E-state index is 9.10. The molecule has 0 fully saturated rings. The smallest absolute Gasteiger partial charge is 0.414 e. The van der Waals surface area contributed by atoms with Crippen molar-refractivity contribution in [2.24, 2.45) is 0 Å². The van der Waals surface area contributed by atoms with Crippen LogP contribution >= 0.6 is 0 Å². The fourth-order valence-corrected chi connectivity index (χ4v) is 0.936. The van der Waals surface area contributed by atoms with Crippen LogP contribution in [0.5, 0.6) is 0 Å². The lowest BCUT2D eigenvalue weighted by Crippen LogP contribution is -2.09. The van der Waals surface area contributed by atoms with E-state index in [2.05, 4.69) is 15.0 Å². The molecule has 0 aliphatic rings. The molecule has 2 aromatic rings. The maximum Gasteiger partial charge on any atom is 0.414 e. The fourth-order valence-electron chi connectivity index (χ4n) is 0.936. The number of H-pyrrole nitrogens is 1. The fraction of sp³-hybridized carbons (Fsp3) is 0.